The quantitative estimate of drug-likeness (QED) is 0.786. The van der Waals surface area contributed by atoms with Crippen LogP contribution in [-0.2, 0) is 4.79 Å². The molecule has 2 fully saturated rings. The summed E-state index contributed by atoms with van der Waals surface area (Å²) in [5, 5.41) is -0.524. The molecule has 5 nitrogen and oxygen atoms in total. The van der Waals surface area contributed by atoms with E-state index in [1.165, 1.54) is 28.8 Å². The lowest BCUT2D eigenvalue weighted by Crippen LogP contribution is -2.33. The molecule has 1 aromatic rings. The number of hydrogen-bond acceptors (Lipinski definition) is 4. The minimum atomic E-state index is -4.78. The van der Waals surface area contributed by atoms with E-state index in [1.54, 1.807) is 0 Å². The molecule has 2 aliphatic heterocycles. The summed E-state index contributed by atoms with van der Waals surface area (Å²) in [4.78, 5) is 26.7. The van der Waals surface area contributed by atoms with Crippen molar-refractivity contribution in [1.29, 1.82) is 0 Å². The van der Waals surface area contributed by atoms with Gasteiger partial charge in [0.25, 0.3) is 5.91 Å². The first-order valence-electron chi connectivity index (χ1n) is 5.99. The molecule has 0 aliphatic carbocycles. The maximum atomic E-state index is 12.1. The summed E-state index contributed by atoms with van der Waals surface area (Å²) in [6.45, 7) is 0.492. The van der Waals surface area contributed by atoms with Gasteiger partial charge < -0.3 is 9.64 Å². The predicted octanol–water partition coefficient (Wildman–Crippen LogP) is 2.43. The number of imide groups is 1. The second-order valence-electron chi connectivity index (χ2n) is 4.41. The zero-order valence-corrected chi connectivity index (χ0v) is 11.3. The molecule has 0 unspecified atom stereocenters. The fourth-order valence-corrected chi connectivity index (χ4v) is 3.39. The second-order valence-corrected chi connectivity index (χ2v) is 5.60. The molecule has 3 rings (SSSR count). The van der Waals surface area contributed by atoms with E-state index in [-0.39, 0.29) is 11.6 Å². The number of benzene rings is 1. The Morgan fingerprint density at radius 3 is 2.43 bits per heavy atom. The van der Waals surface area contributed by atoms with Crippen molar-refractivity contribution in [2.75, 3.05) is 17.2 Å². The van der Waals surface area contributed by atoms with E-state index in [9.17, 15) is 22.8 Å². The average Bonchev–Trinajstić information content (AvgIpc) is 2.95. The van der Waals surface area contributed by atoms with Crippen LogP contribution in [0.25, 0.3) is 0 Å². The van der Waals surface area contributed by atoms with Crippen LogP contribution in [-0.4, -0.2) is 40.9 Å². The number of fused-ring (bicyclic) bond motifs is 1. The Balaban J connectivity index is 1.81. The first-order chi connectivity index (χ1) is 9.87. The Kier molecular flexibility index (Phi) is 3.23. The van der Waals surface area contributed by atoms with E-state index in [1.807, 2.05) is 0 Å². The Hall–Kier alpha value is -1.90. The highest BCUT2D eigenvalue weighted by Crippen LogP contribution is 2.35. The van der Waals surface area contributed by atoms with Crippen molar-refractivity contribution in [3.05, 3.63) is 24.3 Å². The molecule has 2 saturated heterocycles. The van der Waals surface area contributed by atoms with Crippen LogP contribution in [0.1, 0.15) is 0 Å². The minimum Gasteiger partial charge on any atom is -0.406 e. The zero-order chi connectivity index (χ0) is 15.2. The SMILES string of the molecule is O=C1[C@@H]2SCCN2C(=O)N1c1ccc(OC(F)(F)F)cc1. The molecule has 1 atom stereocenters. The molecule has 112 valence electrons. The van der Waals surface area contributed by atoms with Crippen LogP contribution >= 0.6 is 11.8 Å². The van der Waals surface area contributed by atoms with E-state index >= 15 is 0 Å². The molecule has 2 aliphatic rings. The summed E-state index contributed by atoms with van der Waals surface area (Å²) in [6, 6.07) is 4.20. The zero-order valence-electron chi connectivity index (χ0n) is 10.5. The van der Waals surface area contributed by atoms with Gasteiger partial charge >= 0.3 is 12.4 Å². The Morgan fingerprint density at radius 1 is 1.19 bits per heavy atom. The maximum Gasteiger partial charge on any atom is 0.573 e. The van der Waals surface area contributed by atoms with Crippen molar-refractivity contribution in [3.8, 4) is 5.75 Å². The number of halogens is 3. The average molecular weight is 318 g/mol. The Bertz CT molecular complexity index is 568. The van der Waals surface area contributed by atoms with Gasteiger partial charge in [0, 0.05) is 12.3 Å². The van der Waals surface area contributed by atoms with Crippen LogP contribution in [0.3, 0.4) is 0 Å². The van der Waals surface area contributed by atoms with Gasteiger partial charge in [0.15, 0.2) is 5.37 Å². The van der Waals surface area contributed by atoms with Gasteiger partial charge in [-0.15, -0.1) is 24.9 Å². The standard InChI is InChI=1S/C12H9F3N2O3S/c13-12(14,15)20-8-3-1-7(2-4-8)17-9(18)10-16(11(17)19)5-6-21-10/h1-4,10H,5-6H2/t10-/m0/s1. The third-order valence-electron chi connectivity index (χ3n) is 3.09. The van der Waals surface area contributed by atoms with Crippen molar-refractivity contribution >= 4 is 29.4 Å². The first-order valence-corrected chi connectivity index (χ1v) is 7.04. The summed E-state index contributed by atoms with van der Waals surface area (Å²) in [5.41, 5.74) is 0.231. The van der Waals surface area contributed by atoms with Crippen molar-refractivity contribution in [2.45, 2.75) is 11.7 Å². The largest absolute Gasteiger partial charge is 0.573 e. The monoisotopic (exact) mass is 318 g/mol. The number of carbonyl (C=O) groups is 2. The number of alkyl halides is 3. The lowest BCUT2D eigenvalue weighted by atomic mass is 10.3. The number of anilines is 1. The minimum absolute atomic E-state index is 0.231. The van der Waals surface area contributed by atoms with Gasteiger partial charge in [0.2, 0.25) is 0 Å². The topological polar surface area (TPSA) is 49.9 Å². The summed E-state index contributed by atoms with van der Waals surface area (Å²) in [7, 11) is 0. The van der Waals surface area contributed by atoms with Crippen molar-refractivity contribution < 1.29 is 27.5 Å². The van der Waals surface area contributed by atoms with E-state index < -0.39 is 23.5 Å². The summed E-state index contributed by atoms with van der Waals surface area (Å²) in [5.74, 6) is -0.0684. The highest BCUT2D eigenvalue weighted by atomic mass is 32.2. The van der Waals surface area contributed by atoms with Gasteiger partial charge in [-0.05, 0) is 24.3 Å². The molecule has 0 bridgehead atoms. The third-order valence-corrected chi connectivity index (χ3v) is 4.28. The van der Waals surface area contributed by atoms with Gasteiger partial charge in [0.05, 0.1) is 5.69 Å². The number of rotatable bonds is 2. The number of thioether (sulfide) groups is 1. The number of urea groups is 1. The number of ether oxygens (including phenoxy) is 1. The molecule has 0 saturated carbocycles. The third kappa shape index (κ3) is 2.53. The Morgan fingerprint density at radius 2 is 1.86 bits per heavy atom. The summed E-state index contributed by atoms with van der Waals surface area (Å²) in [6.07, 6.45) is -4.78. The summed E-state index contributed by atoms with van der Waals surface area (Å²) < 4.78 is 40.0. The predicted molar refractivity (Wildman–Crippen MR) is 69.0 cm³/mol. The van der Waals surface area contributed by atoms with Crippen LogP contribution in [0.2, 0.25) is 0 Å². The van der Waals surface area contributed by atoms with Crippen LogP contribution in [0.5, 0.6) is 5.75 Å². The van der Waals surface area contributed by atoms with Crippen LogP contribution < -0.4 is 9.64 Å². The molecular formula is C12H9F3N2O3S. The van der Waals surface area contributed by atoms with Crippen LogP contribution in [0, 0.1) is 0 Å². The van der Waals surface area contributed by atoms with Crippen molar-refractivity contribution in [3.63, 3.8) is 0 Å². The molecule has 9 heteroatoms. The van der Waals surface area contributed by atoms with Crippen LogP contribution in [0.4, 0.5) is 23.7 Å². The van der Waals surface area contributed by atoms with E-state index in [0.29, 0.717) is 12.3 Å². The molecule has 2 heterocycles. The maximum absolute atomic E-state index is 12.1. The summed E-state index contributed by atoms with van der Waals surface area (Å²) >= 11 is 1.37. The van der Waals surface area contributed by atoms with Gasteiger partial charge in [-0.1, -0.05) is 0 Å². The fraction of sp³-hybridized carbons (Fsp3) is 0.333. The van der Waals surface area contributed by atoms with Crippen molar-refractivity contribution in [2.24, 2.45) is 0 Å². The molecular weight excluding hydrogens is 309 g/mol. The van der Waals surface area contributed by atoms with E-state index in [2.05, 4.69) is 4.74 Å². The van der Waals surface area contributed by atoms with Gasteiger partial charge in [0.1, 0.15) is 5.75 Å². The number of carbonyl (C=O) groups excluding carboxylic acids is 2. The molecule has 0 spiro atoms. The number of amides is 3. The van der Waals surface area contributed by atoms with Gasteiger partial charge in [-0.2, -0.15) is 0 Å². The fourth-order valence-electron chi connectivity index (χ4n) is 2.24. The van der Waals surface area contributed by atoms with E-state index in [0.717, 1.165) is 17.0 Å². The second kappa shape index (κ2) is 4.83. The lowest BCUT2D eigenvalue weighted by Gasteiger charge is -2.16. The Labute approximate surface area is 121 Å². The number of nitrogens with zero attached hydrogens (tertiary/aromatic N) is 2. The molecule has 0 N–H and O–H groups in total. The number of hydrogen-bond donors (Lipinski definition) is 0. The smallest absolute Gasteiger partial charge is 0.406 e. The van der Waals surface area contributed by atoms with Crippen molar-refractivity contribution in [1.82, 2.24) is 4.90 Å². The normalized spacial score (nSPS) is 22.0. The van der Waals surface area contributed by atoms with Crippen LogP contribution in [0.15, 0.2) is 24.3 Å². The molecule has 21 heavy (non-hydrogen) atoms. The molecule has 0 aromatic heterocycles. The molecule has 1 aromatic carbocycles. The highest BCUT2D eigenvalue weighted by Gasteiger charge is 2.48. The first kappa shape index (κ1) is 14.1. The lowest BCUT2D eigenvalue weighted by molar-refractivity contribution is -0.274. The van der Waals surface area contributed by atoms with Gasteiger partial charge in [-0.3, -0.25) is 4.79 Å². The molecule has 3 amide bonds. The molecule has 0 radical (unpaired) electrons. The van der Waals surface area contributed by atoms with E-state index in [4.69, 9.17) is 0 Å². The highest BCUT2D eigenvalue weighted by molar-refractivity contribution is 8.00. The van der Waals surface area contributed by atoms with Gasteiger partial charge in [-0.25, -0.2) is 9.69 Å².